The topological polar surface area (TPSA) is 73.4 Å². The average molecular weight is 362 g/mol. The van der Waals surface area contributed by atoms with E-state index >= 15 is 0 Å². The van der Waals surface area contributed by atoms with Crippen molar-refractivity contribution in [2.45, 2.75) is 12.8 Å². The Morgan fingerprint density at radius 2 is 1.77 bits per heavy atom. The van der Waals surface area contributed by atoms with Crippen LogP contribution in [0.25, 0.3) is 0 Å². The Morgan fingerprint density at radius 1 is 1.12 bits per heavy atom. The molecule has 2 heterocycles. The lowest BCUT2D eigenvalue weighted by Gasteiger charge is -2.21. The van der Waals surface area contributed by atoms with Crippen LogP contribution in [0.2, 0.25) is 0 Å². The van der Waals surface area contributed by atoms with Gasteiger partial charge in [0.2, 0.25) is 5.95 Å². The van der Waals surface area contributed by atoms with Crippen LogP contribution in [-0.4, -0.2) is 43.2 Å². The van der Waals surface area contributed by atoms with Gasteiger partial charge in [0.15, 0.2) is 5.82 Å². The SMILES string of the molecule is CN(C)c1nc(N2CCCC2)ncc1NC(=O)Nc1cc(F)cc(F)c1. The van der Waals surface area contributed by atoms with Gasteiger partial charge in [0.25, 0.3) is 0 Å². The van der Waals surface area contributed by atoms with Gasteiger partial charge in [-0.25, -0.2) is 18.6 Å². The maximum Gasteiger partial charge on any atom is 0.323 e. The summed E-state index contributed by atoms with van der Waals surface area (Å²) in [5, 5.41) is 5.01. The van der Waals surface area contributed by atoms with Gasteiger partial charge in [-0.2, -0.15) is 4.98 Å². The van der Waals surface area contributed by atoms with Crippen molar-refractivity contribution in [3.8, 4) is 0 Å². The van der Waals surface area contributed by atoms with E-state index in [2.05, 4.69) is 25.5 Å². The maximum absolute atomic E-state index is 13.2. The minimum absolute atomic E-state index is 0.0148. The number of halogens is 2. The number of carbonyl (C=O) groups excluding carboxylic acids is 1. The number of rotatable bonds is 4. The van der Waals surface area contributed by atoms with E-state index in [9.17, 15) is 13.6 Å². The Labute approximate surface area is 150 Å². The highest BCUT2D eigenvalue weighted by molar-refractivity contribution is 6.01. The normalized spacial score (nSPS) is 13.6. The lowest BCUT2D eigenvalue weighted by molar-refractivity contribution is 0.262. The summed E-state index contributed by atoms with van der Waals surface area (Å²) in [6.07, 6.45) is 3.74. The van der Waals surface area contributed by atoms with Gasteiger partial charge in [0.1, 0.15) is 17.3 Å². The molecule has 9 heteroatoms. The number of nitrogens with zero attached hydrogens (tertiary/aromatic N) is 4. The number of benzene rings is 1. The Balaban J connectivity index is 1.76. The van der Waals surface area contributed by atoms with Crippen molar-refractivity contribution in [2.24, 2.45) is 0 Å². The lowest BCUT2D eigenvalue weighted by atomic mass is 10.3. The molecule has 0 spiro atoms. The van der Waals surface area contributed by atoms with Gasteiger partial charge in [0, 0.05) is 38.9 Å². The second kappa shape index (κ2) is 7.51. The van der Waals surface area contributed by atoms with Crippen molar-refractivity contribution in [1.82, 2.24) is 9.97 Å². The summed E-state index contributed by atoms with van der Waals surface area (Å²) in [5.41, 5.74) is 0.410. The first-order valence-corrected chi connectivity index (χ1v) is 8.26. The number of urea groups is 1. The van der Waals surface area contributed by atoms with Crippen molar-refractivity contribution >= 4 is 29.2 Å². The fourth-order valence-corrected chi connectivity index (χ4v) is 2.77. The number of carbonyl (C=O) groups is 1. The first kappa shape index (κ1) is 17.8. The lowest BCUT2D eigenvalue weighted by Crippen LogP contribution is -2.25. The predicted molar refractivity (Wildman–Crippen MR) is 96.8 cm³/mol. The molecule has 1 aliphatic heterocycles. The van der Waals surface area contributed by atoms with E-state index in [-0.39, 0.29) is 5.69 Å². The second-order valence-electron chi connectivity index (χ2n) is 6.23. The smallest absolute Gasteiger partial charge is 0.323 e. The highest BCUT2D eigenvalue weighted by Crippen LogP contribution is 2.25. The van der Waals surface area contributed by atoms with E-state index in [1.807, 2.05) is 0 Å². The monoisotopic (exact) mass is 362 g/mol. The first-order valence-electron chi connectivity index (χ1n) is 8.26. The van der Waals surface area contributed by atoms with E-state index in [0.717, 1.165) is 44.1 Å². The summed E-state index contributed by atoms with van der Waals surface area (Å²) < 4.78 is 26.4. The Morgan fingerprint density at radius 3 is 2.38 bits per heavy atom. The molecule has 1 aromatic heterocycles. The van der Waals surface area contributed by atoms with Crippen LogP contribution in [-0.2, 0) is 0 Å². The Hall–Kier alpha value is -2.97. The molecule has 2 amide bonds. The zero-order valence-corrected chi connectivity index (χ0v) is 14.6. The van der Waals surface area contributed by atoms with Crippen LogP contribution in [0.3, 0.4) is 0 Å². The summed E-state index contributed by atoms with van der Waals surface area (Å²) in [4.78, 5) is 24.9. The molecule has 0 atom stereocenters. The average Bonchev–Trinajstić information content (AvgIpc) is 3.08. The summed E-state index contributed by atoms with van der Waals surface area (Å²) in [5.74, 6) is -0.382. The molecule has 1 fully saturated rings. The van der Waals surface area contributed by atoms with E-state index in [1.54, 1.807) is 19.0 Å². The minimum atomic E-state index is -0.771. The van der Waals surface area contributed by atoms with Crippen LogP contribution in [0.5, 0.6) is 0 Å². The second-order valence-corrected chi connectivity index (χ2v) is 6.23. The minimum Gasteiger partial charge on any atom is -0.361 e. The summed E-state index contributed by atoms with van der Waals surface area (Å²) >= 11 is 0. The van der Waals surface area contributed by atoms with Crippen LogP contribution in [0.15, 0.2) is 24.4 Å². The maximum atomic E-state index is 13.2. The van der Waals surface area contributed by atoms with Crippen molar-refractivity contribution in [1.29, 1.82) is 0 Å². The zero-order chi connectivity index (χ0) is 18.7. The molecule has 26 heavy (non-hydrogen) atoms. The molecule has 0 aliphatic carbocycles. The fourth-order valence-electron chi connectivity index (χ4n) is 2.77. The van der Waals surface area contributed by atoms with E-state index in [4.69, 9.17) is 0 Å². The largest absolute Gasteiger partial charge is 0.361 e. The van der Waals surface area contributed by atoms with Gasteiger partial charge in [-0.3, -0.25) is 0 Å². The summed E-state index contributed by atoms with van der Waals surface area (Å²) in [6.45, 7) is 1.82. The standard InChI is InChI=1S/C17H20F2N6O/c1-24(2)15-14(10-20-16(23-15)25-5-3-4-6-25)22-17(26)21-13-8-11(18)7-12(19)9-13/h7-10H,3-6H2,1-2H3,(H2,21,22,26). The van der Waals surface area contributed by atoms with Gasteiger partial charge in [0.05, 0.1) is 6.20 Å². The molecule has 0 bridgehead atoms. The Bertz CT molecular complexity index is 788. The predicted octanol–water partition coefficient (Wildman–Crippen LogP) is 3.07. The van der Waals surface area contributed by atoms with E-state index < -0.39 is 17.7 Å². The number of anilines is 4. The molecule has 1 aromatic carbocycles. The van der Waals surface area contributed by atoms with Gasteiger partial charge in [-0.05, 0) is 25.0 Å². The molecule has 138 valence electrons. The van der Waals surface area contributed by atoms with Gasteiger partial charge in [-0.15, -0.1) is 0 Å². The molecule has 0 unspecified atom stereocenters. The van der Waals surface area contributed by atoms with Gasteiger partial charge >= 0.3 is 6.03 Å². The van der Waals surface area contributed by atoms with E-state index in [1.165, 1.54) is 6.20 Å². The fraction of sp³-hybridized carbons (Fsp3) is 0.353. The molecular weight excluding hydrogens is 342 g/mol. The van der Waals surface area contributed by atoms with Gasteiger partial charge < -0.3 is 20.4 Å². The van der Waals surface area contributed by atoms with E-state index in [0.29, 0.717) is 17.5 Å². The molecule has 2 N–H and O–H groups in total. The first-order chi connectivity index (χ1) is 12.4. The number of amides is 2. The highest BCUT2D eigenvalue weighted by Gasteiger charge is 2.18. The Kier molecular flexibility index (Phi) is 5.15. The molecule has 2 aromatic rings. The quantitative estimate of drug-likeness (QED) is 0.875. The molecule has 1 aliphatic rings. The van der Waals surface area contributed by atoms with Crippen molar-refractivity contribution in [3.05, 3.63) is 36.0 Å². The van der Waals surface area contributed by atoms with Crippen molar-refractivity contribution < 1.29 is 13.6 Å². The van der Waals surface area contributed by atoms with Crippen LogP contribution in [0.4, 0.5) is 36.7 Å². The molecular formula is C17H20F2N6O. The van der Waals surface area contributed by atoms with Crippen LogP contribution in [0, 0.1) is 11.6 Å². The molecule has 1 saturated heterocycles. The molecule has 7 nitrogen and oxygen atoms in total. The third-order valence-electron chi connectivity index (χ3n) is 3.94. The number of nitrogens with one attached hydrogen (secondary N) is 2. The van der Waals surface area contributed by atoms with Crippen LogP contribution >= 0.6 is 0 Å². The van der Waals surface area contributed by atoms with Crippen molar-refractivity contribution in [3.63, 3.8) is 0 Å². The zero-order valence-electron chi connectivity index (χ0n) is 14.6. The number of hydrogen-bond donors (Lipinski definition) is 2. The third kappa shape index (κ3) is 4.16. The van der Waals surface area contributed by atoms with Crippen molar-refractivity contribution in [2.75, 3.05) is 47.6 Å². The van der Waals surface area contributed by atoms with Crippen LogP contribution in [0.1, 0.15) is 12.8 Å². The third-order valence-corrected chi connectivity index (χ3v) is 3.94. The van der Waals surface area contributed by atoms with Crippen LogP contribution < -0.4 is 20.4 Å². The molecule has 0 saturated carbocycles. The molecule has 3 rings (SSSR count). The highest BCUT2D eigenvalue weighted by atomic mass is 19.1. The molecule has 0 radical (unpaired) electrons. The summed E-state index contributed by atoms with van der Waals surface area (Å²) in [7, 11) is 3.61. The summed E-state index contributed by atoms with van der Waals surface area (Å²) in [6, 6.07) is 2.15. The number of aromatic nitrogens is 2. The number of hydrogen-bond acceptors (Lipinski definition) is 5. The van der Waals surface area contributed by atoms with Gasteiger partial charge in [-0.1, -0.05) is 0 Å².